The van der Waals surface area contributed by atoms with Gasteiger partial charge in [0.1, 0.15) is 5.75 Å². The molecule has 0 atom stereocenters. The highest BCUT2D eigenvalue weighted by Crippen LogP contribution is 2.30. The van der Waals surface area contributed by atoms with Crippen LogP contribution in [0.2, 0.25) is 0 Å². The number of benzene rings is 1. The number of aromatic nitrogens is 1. The molecule has 0 aliphatic carbocycles. The summed E-state index contributed by atoms with van der Waals surface area (Å²) in [5.41, 5.74) is 2.65. The lowest BCUT2D eigenvalue weighted by molar-refractivity contribution is -0.116. The average Bonchev–Trinajstić information content (AvgIpc) is 2.69. The Hall–Kier alpha value is -1.79. The van der Waals surface area contributed by atoms with Crippen molar-refractivity contribution in [3.8, 4) is 5.75 Å². The first-order valence-corrected chi connectivity index (χ1v) is 10.9. The van der Waals surface area contributed by atoms with Crippen LogP contribution in [0.15, 0.2) is 24.4 Å². The van der Waals surface area contributed by atoms with Crippen molar-refractivity contribution in [2.75, 3.05) is 43.6 Å². The number of nitrogens with zero attached hydrogens (tertiary/aromatic N) is 2. The SMILES string of the molecule is COc1cc(NC(=O)CCCCCN2CCSCC2)c2nccc(C)c2c1. The summed E-state index contributed by atoms with van der Waals surface area (Å²) in [7, 11) is 1.64. The number of carbonyl (C=O) groups is 1. The van der Waals surface area contributed by atoms with E-state index in [0.717, 1.165) is 47.3 Å². The quantitative estimate of drug-likeness (QED) is 0.691. The molecule has 1 aromatic heterocycles. The van der Waals surface area contributed by atoms with Crippen molar-refractivity contribution >= 4 is 34.3 Å². The van der Waals surface area contributed by atoms with E-state index in [2.05, 4.69) is 15.2 Å². The van der Waals surface area contributed by atoms with Crippen molar-refractivity contribution in [1.82, 2.24) is 9.88 Å². The zero-order chi connectivity index (χ0) is 19.1. The van der Waals surface area contributed by atoms with Crippen molar-refractivity contribution in [3.63, 3.8) is 0 Å². The summed E-state index contributed by atoms with van der Waals surface area (Å²) in [6.45, 7) is 5.61. The molecule has 1 amide bonds. The van der Waals surface area contributed by atoms with E-state index in [1.165, 1.54) is 31.0 Å². The molecule has 1 N–H and O–H groups in total. The molecule has 27 heavy (non-hydrogen) atoms. The van der Waals surface area contributed by atoms with Gasteiger partial charge in [-0.1, -0.05) is 6.42 Å². The predicted molar refractivity (Wildman–Crippen MR) is 114 cm³/mol. The standard InChI is InChI=1S/C21H29N3O2S/c1-16-7-8-22-21-18(16)14-17(26-2)15-19(21)23-20(25)6-4-3-5-9-24-10-12-27-13-11-24/h7-8,14-15H,3-6,9-13H2,1-2H3,(H,23,25). The van der Waals surface area contributed by atoms with E-state index in [0.29, 0.717) is 6.42 Å². The topological polar surface area (TPSA) is 54.5 Å². The van der Waals surface area contributed by atoms with Gasteiger partial charge in [0, 0.05) is 48.7 Å². The van der Waals surface area contributed by atoms with Crippen molar-refractivity contribution in [1.29, 1.82) is 0 Å². The molecule has 1 aliphatic heterocycles. The molecule has 0 saturated carbocycles. The van der Waals surface area contributed by atoms with Gasteiger partial charge in [0.05, 0.1) is 18.3 Å². The summed E-state index contributed by atoms with van der Waals surface area (Å²) in [6, 6.07) is 5.78. The summed E-state index contributed by atoms with van der Waals surface area (Å²) < 4.78 is 5.39. The van der Waals surface area contributed by atoms with E-state index < -0.39 is 0 Å². The van der Waals surface area contributed by atoms with Crippen LogP contribution in [-0.2, 0) is 4.79 Å². The van der Waals surface area contributed by atoms with E-state index in [4.69, 9.17) is 4.74 Å². The van der Waals surface area contributed by atoms with Crippen LogP contribution in [0, 0.1) is 6.92 Å². The van der Waals surface area contributed by atoms with Crippen LogP contribution in [0.5, 0.6) is 5.75 Å². The Morgan fingerprint density at radius 2 is 2.07 bits per heavy atom. The molecule has 0 unspecified atom stereocenters. The molecule has 1 aliphatic rings. The Kier molecular flexibility index (Phi) is 7.35. The highest BCUT2D eigenvalue weighted by atomic mass is 32.2. The van der Waals surface area contributed by atoms with Crippen molar-refractivity contribution < 1.29 is 9.53 Å². The fourth-order valence-electron chi connectivity index (χ4n) is 3.41. The molecule has 0 bridgehead atoms. The average molecular weight is 388 g/mol. The van der Waals surface area contributed by atoms with Crippen LogP contribution in [0.4, 0.5) is 5.69 Å². The number of anilines is 1. The molecule has 6 heteroatoms. The number of hydrogen-bond acceptors (Lipinski definition) is 5. The van der Waals surface area contributed by atoms with Gasteiger partial charge in [-0.15, -0.1) is 0 Å². The summed E-state index contributed by atoms with van der Waals surface area (Å²) in [5, 5.41) is 4.04. The van der Waals surface area contributed by atoms with Crippen molar-refractivity contribution in [2.24, 2.45) is 0 Å². The molecule has 146 valence electrons. The number of carbonyl (C=O) groups excluding carboxylic acids is 1. The zero-order valence-electron chi connectivity index (χ0n) is 16.3. The number of pyridine rings is 1. The van der Waals surface area contributed by atoms with Gasteiger partial charge in [0.25, 0.3) is 0 Å². The number of unbranched alkanes of at least 4 members (excludes halogenated alkanes) is 2. The van der Waals surface area contributed by atoms with Gasteiger partial charge >= 0.3 is 0 Å². The summed E-state index contributed by atoms with van der Waals surface area (Å²) >= 11 is 2.04. The van der Waals surface area contributed by atoms with Crippen LogP contribution < -0.4 is 10.1 Å². The van der Waals surface area contributed by atoms with E-state index in [1.807, 2.05) is 36.9 Å². The first-order chi connectivity index (χ1) is 13.2. The third-order valence-electron chi connectivity index (χ3n) is 5.03. The number of aryl methyl sites for hydroxylation is 1. The first-order valence-electron chi connectivity index (χ1n) is 9.70. The fraction of sp³-hybridized carbons (Fsp3) is 0.524. The van der Waals surface area contributed by atoms with Gasteiger partial charge < -0.3 is 15.0 Å². The summed E-state index contributed by atoms with van der Waals surface area (Å²) in [6.07, 6.45) is 5.50. The lowest BCUT2D eigenvalue weighted by atomic mass is 10.1. The molecule has 3 rings (SSSR count). The van der Waals surface area contributed by atoms with Gasteiger partial charge in [0.2, 0.25) is 5.91 Å². The number of nitrogens with one attached hydrogen (secondary N) is 1. The molecule has 0 radical (unpaired) electrons. The molecular weight excluding hydrogens is 358 g/mol. The molecule has 1 saturated heterocycles. The van der Waals surface area contributed by atoms with E-state index in [9.17, 15) is 4.79 Å². The molecular formula is C21H29N3O2S. The van der Waals surface area contributed by atoms with Crippen LogP contribution in [0.1, 0.15) is 31.2 Å². The molecule has 2 heterocycles. The minimum absolute atomic E-state index is 0.0437. The van der Waals surface area contributed by atoms with Gasteiger partial charge in [-0.3, -0.25) is 9.78 Å². The molecule has 2 aromatic rings. The first kappa shape index (κ1) is 20.0. The third kappa shape index (κ3) is 5.59. The monoisotopic (exact) mass is 387 g/mol. The lowest BCUT2D eigenvalue weighted by Gasteiger charge is -2.25. The maximum absolute atomic E-state index is 12.4. The minimum Gasteiger partial charge on any atom is -0.497 e. The van der Waals surface area contributed by atoms with Gasteiger partial charge in [0.15, 0.2) is 0 Å². The van der Waals surface area contributed by atoms with Crippen molar-refractivity contribution in [2.45, 2.75) is 32.6 Å². The third-order valence-corrected chi connectivity index (χ3v) is 5.97. The van der Waals surface area contributed by atoms with Crippen LogP contribution in [-0.4, -0.2) is 54.0 Å². The second-order valence-electron chi connectivity index (χ2n) is 7.01. The normalized spacial score (nSPS) is 15.0. The Labute approximate surface area is 165 Å². The molecule has 1 aromatic carbocycles. The molecule has 5 nitrogen and oxygen atoms in total. The number of thioether (sulfide) groups is 1. The zero-order valence-corrected chi connectivity index (χ0v) is 17.1. The van der Waals surface area contributed by atoms with Crippen LogP contribution in [0.25, 0.3) is 10.9 Å². The van der Waals surface area contributed by atoms with Gasteiger partial charge in [-0.2, -0.15) is 11.8 Å². The number of fused-ring (bicyclic) bond motifs is 1. The molecule has 1 fully saturated rings. The number of methoxy groups -OCH3 is 1. The number of rotatable bonds is 8. The molecule has 0 spiro atoms. The highest BCUT2D eigenvalue weighted by Gasteiger charge is 2.12. The largest absolute Gasteiger partial charge is 0.497 e. The maximum Gasteiger partial charge on any atom is 0.224 e. The van der Waals surface area contributed by atoms with E-state index in [1.54, 1.807) is 13.3 Å². The minimum atomic E-state index is 0.0437. The van der Waals surface area contributed by atoms with Gasteiger partial charge in [-0.25, -0.2) is 0 Å². The van der Waals surface area contributed by atoms with Crippen molar-refractivity contribution in [3.05, 3.63) is 30.0 Å². The van der Waals surface area contributed by atoms with E-state index in [-0.39, 0.29) is 5.91 Å². The predicted octanol–water partition coefficient (Wildman–Crippen LogP) is 4.10. The Bertz CT molecular complexity index is 775. The second kappa shape index (κ2) is 9.95. The summed E-state index contributed by atoms with van der Waals surface area (Å²) in [5.74, 6) is 3.28. The summed E-state index contributed by atoms with van der Waals surface area (Å²) in [4.78, 5) is 19.4. The Balaban J connectivity index is 1.51. The lowest BCUT2D eigenvalue weighted by Crippen LogP contribution is -2.33. The fourth-order valence-corrected chi connectivity index (χ4v) is 4.39. The maximum atomic E-state index is 12.4. The Morgan fingerprint density at radius 1 is 1.26 bits per heavy atom. The van der Waals surface area contributed by atoms with Crippen LogP contribution in [0.3, 0.4) is 0 Å². The smallest absolute Gasteiger partial charge is 0.224 e. The van der Waals surface area contributed by atoms with Crippen LogP contribution >= 0.6 is 11.8 Å². The highest BCUT2D eigenvalue weighted by molar-refractivity contribution is 7.99. The number of ether oxygens (including phenoxy) is 1. The number of hydrogen-bond donors (Lipinski definition) is 1. The number of amides is 1. The van der Waals surface area contributed by atoms with Gasteiger partial charge in [-0.05, 0) is 44.0 Å². The Morgan fingerprint density at radius 3 is 2.85 bits per heavy atom. The second-order valence-corrected chi connectivity index (χ2v) is 8.24. The van der Waals surface area contributed by atoms with E-state index >= 15 is 0 Å².